The number of amides is 4. The van der Waals surface area contributed by atoms with E-state index in [1.807, 2.05) is 10.6 Å². The van der Waals surface area contributed by atoms with Crippen LogP contribution in [0.5, 0.6) is 17.2 Å². The van der Waals surface area contributed by atoms with Crippen molar-refractivity contribution in [2.45, 2.75) is 25.3 Å². The van der Waals surface area contributed by atoms with Gasteiger partial charge in [0.1, 0.15) is 11.2 Å². The second-order valence-corrected chi connectivity index (χ2v) is 10.7. The maximum absolute atomic E-state index is 13.9. The summed E-state index contributed by atoms with van der Waals surface area (Å²) >= 11 is 0. The number of fused-ring (bicyclic) bond motifs is 4. The number of pyridine rings is 1. The minimum absolute atomic E-state index is 0.00195. The van der Waals surface area contributed by atoms with Crippen molar-refractivity contribution in [2.24, 2.45) is 11.3 Å². The van der Waals surface area contributed by atoms with Gasteiger partial charge in [-0.1, -0.05) is 6.07 Å². The summed E-state index contributed by atoms with van der Waals surface area (Å²) in [7, 11) is 7.34. The molecule has 2 aromatic rings. The Labute approximate surface area is 226 Å². The van der Waals surface area contributed by atoms with Crippen molar-refractivity contribution in [3.05, 3.63) is 51.9 Å². The van der Waals surface area contributed by atoms with E-state index in [-0.39, 0.29) is 30.4 Å². The van der Waals surface area contributed by atoms with Crippen LogP contribution in [0.4, 0.5) is 4.79 Å². The van der Waals surface area contributed by atoms with E-state index in [0.29, 0.717) is 42.4 Å². The number of carbonyl (C=O) groups excluding carboxylic acids is 3. The molecule has 3 aliphatic rings. The van der Waals surface area contributed by atoms with Crippen molar-refractivity contribution in [3.63, 3.8) is 0 Å². The van der Waals surface area contributed by atoms with E-state index in [0.717, 1.165) is 21.9 Å². The number of hydrogen-bond acceptors (Lipinski definition) is 8. The third-order valence-corrected chi connectivity index (χ3v) is 8.33. The Balaban J connectivity index is 1.56. The van der Waals surface area contributed by atoms with Gasteiger partial charge in [-0.25, -0.2) is 4.79 Å². The molecule has 4 amide bonds. The van der Waals surface area contributed by atoms with E-state index >= 15 is 0 Å². The first kappa shape index (κ1) is 26.7. The quantitative estimate of drug-likeness (QED) is 0.489. The molecule has 2 bridgehead atoms. The summed E-state index contributed by atoms with van der Waals surface area (Å²) in [6.45, 7) is 1.93. The molecule has 0 saturated carbocycles. The summed E-state index contributed by atoms with van der Waals surface area (Å²) in [6, 6.07) is 8.05. The third-order valence-electron chi connectivity index (χ3n) is 8.33. The summed E-state index contributed by atoms with van der Waals surface area (Å²) in [5.41, 5.74) is -0.0225. The molecule has 0 unspecified atom stereocenters. The number of methoxy groups -OCH3 is 3. The van der Waals surface area contributed by atoms with Gasteiger partial charge < -0.3 is 23.7 Å². The molecule has 11 nitrogen and oxygen atoms in total. The molecule has 1 aromatic heterocycles. The highest BCUT2D eigenvalue weighted by atomic mass is 16.5. The Kier molecular flexibility index (Phi) is 6.88. The topological polar surface area (TPSA) is 111 Å². The predicted molar refractivity (Wildman–Crippen MR) is 141 cm³/mol. The van der Waals surface area contributed by atoms with Gasteiger partial charge in [-0.3, -0.25) is 24.2 Å². The first-order valence-electron chi connectivity index (χ1n) is 12.9. The highest BCUT2D eigenvalue weighted by Gasteiger charge is 2.57. The molecular weight excluding hydrogens is 504 g/mol. The highest BCUT2D eigenvalue weighted by molar-refractivity contribution is 6.19. The van der Waals surface area contributed by atoms with Crippen LogP contribution in [0.25, 0.3) is 0 Å². The van der Waals surface area contributed by atoms with Gasteiger partial charge >= 0.3 is 6.03 Å². The Morgan fingerprint density at radius 1 is 0.846 bits per heavy atom. The maximum Gasteiger partial charge on any atom is 0.332 e. The zero-order valence-corrected chi connectivity index (χ0v) is 22.9. The van der Waals surface area contributed by atoms with Gasteiger partial charge in [0.25, 0.3) is 5.56 Å². The van der Waals surface area contributed by atoms with Crippen molar-refractivity contribution in [1.82, 2.24) is 19.3 Å². The van der Waals surface area contributed by atoms with E-state index in [1.165, 1.54) is 35.4 Å². The molecule has 208 valence electrons. The molecule has 4 heterocycles. The number of nitrogens with zero attached hydrogens (tertiary/aromatic N) is 4. The van der Waals surface area contributed by atoms with E-state index in [1.54, 1.807) is 24.3 Å². The molecule has 0 radical (unpaired) electrons. The summed E-state index contributed by atoms with van der Waals surface area (Å²) in [4.78, 5) is 57.3. The standard InChI is InChI=1S/C28H34N4O7/c1-29-25(34)28(26(35)30(2)27(29)36,12-18-10-22(38-4)23(39-5)11-21(18)37-3)16-31-13-17-9-19(15-31)20-7-6-8-24(33)32(20)14-17/h6-8,10-11,17,19H,9,12-16H2,1-5H3/t17-,19-/m0/s1. The van der Waals surface area contributed by atoms with Gasteiger partial charge in [0.15, 0.2) is 11.5 Å². The molecule has 0 spiro atoms. The van der Waals surface area contributed by atoms with Crippen LogP contribution in [0.15, 0.2) is 35.1 Å². The van der Waals surface area contributed by atoms with Gasteiger partial charge in [-0.05, 0) is 30.0 Å². The van der Waals surface area contributed by atoms with Crippen molar-refractivity contribution in [2.75, 3.05) is 55.1 Å². The number of piperidine rings is 1. The van der Waals surface area contributed by atoms with Crippen LogP contribution in [0.1, 0.15) is 23.6 Å². The number of hydrogen-bond donors (Lipinski definition) is 0. The molecular formula is C28H34N4O7. The van der Waals surface area contributed by atoms with Crippen LogP contribution in [0, 0.1) is 11.3 Å². The molecule has 2 fully saturated rings. The minimum atomic E-state index is -1.58. The van der Waals surface area contributed by atoms with Crippen LogP contribution < -0.4 is 19.8 Å². The summed E-state index contributed by atoms with van der Waals surface area (Å²) in [5, 5.41) is 0. The normalized spacial score (nSPS) is 22.5. The summed E-state index contributed by atoms with van der Waals surface area (Å²) < 4.78 is 18.4. The Bertz CT molecular complexity index is 1360. The number of ether oxygens (including phenoxy) is 3. The highest BCUT2D eigenvalue weighted by Crippen LogP contribution is 2.42. The Hall–Kier alpha value is -3.86. The number of barbiturate groups is 1. The zero-order chi connectivity index (χ0) is 28.1. The second kappa shape index (κ2) is 10.0. The first-order valence-corrected chi connectivity index (χ1v) is 12.9. The molecule has 0 N–H and O–H groups in total. The minimum Gasteiger partial charge on any atom is -0.496 e. The number of rotatable bonds is 7. The Morgan fingerprint density at radius 3 is 2.13 bits per heavy atom. The molecule has 2 saturated heterocycles. The van der Waals surface area contributed by atoms with Crippen molar-refractivity contribution in [3.8, 4) is 17.2 Å². The number of urea groups is 1. The predicted octanol–water partition coefficient (Wildman–Crippen LogP) is 1.57. The summed E-state index contributed by atoms with van der Waals surface area (Å²) in [6.07, 6.45) is 0.939. The average molecular weight is 539 g/mol. The van der Waals surface area contributed by atoms with Crippen LogP contribution in [0.3, 0.4) is 0 Å². The van der Waals surface area contributed by atoms with Crippen LogP contribution in [-0.2, 0) is 22.6 Å². The largest absolute Gasteiger partial charge is 0.496 e. The van der Waals surface area contributed by atoms with E-state index in [9.17, 15) is 19.2 Å². The zero-order valence-electron chi connectivity index (χ0n) is 22.9. The first-order chi connectivity index (χ1) is 18.6. The fourth-order valence-electron chi connectivity index (χ4n) is 6.54. The van der Waals surface area contributed by atoms with Gasteiger partial charge in [0.05, 0.1) is 21.3 Å². The number of benzene rings is 1. The lowest BCUT2D eigenvalue weighted by Crippen LogP contribution is -2.67. The number of imide groups is 2. The monoisotopic (exact) mass is 538 g/mol. The fourth-order valence-corrected chi connectivity index (χ4v) is 6.54. The maximum atomic E-state index is 13.9. The number of carbonyl (C=O) groups is 3. The van der Waals surface area contributed by atoms with Gasteiger partial charge in [0, 0.05) is 70.4 Å². The van der Waals surface area contributed by atoms with Gasteiger partial charge in [-0.15, -0.1) is 0 Å². The molecule has 3 aliphatic heterocycles. The van der Waals surface area contributed by atoms with Crippen LogP contribution in [-0.4, -0.2) is 92.2 Å². The van der Waals surface area contributed by atoms with Crippen LogP contribution in [0.2, 0.25) is 0 Å². The van der Waals surface area contributed by atoms with E-state index in [2.05, 4.69) is 4.90 Å². The molecule has 1 aromatic carbocycles. The molecule has 11 heteroatoms. The van der Waals surface area contributed by atoms with Crippen LogP contribution >= 0.6 is 0 Å². The average Bonchev–Trinajstić information content (AvgIpc) is 2.94. The third kappa shape index (κ3) is 4.34. The van der Waals surface area contributed by atoms with Crippen molar-refractivity contribution in [1.29, 1.82) is 0 Å². The smallest absolute Gasteiger partial charge is 0.332 e. The fraction of sp³-hybridized carbons (Fsp3) is 0.500. The number of aromatic nitrogens is 1. The van der Waals surface area contributed by atoms with Gasteiger partial charge in [-0.2, -0.15) is 0 Å². The summed E-state index contributed by atoms with van der Waals surface area (Å²) in [5.74, 6) is 0.528. The SMILES string of the molecule is COc1cc(OC)c(OC)cc1CC1(CN2C[C@@H]3C[C@@H](C2)c2cccc(=O)n2C3)C(=O)N(C)C(=O)N(C)C1=O. The lowest BCUT2D eigenvalue weighted by molar-refractivity contribution is -0.159. The molecule has 2 atom stereocenters. The van der Waals surface area contributed by atoms with Gasteiger partial charge in [0.2, 0.25) is 11.8 Å². The second-order valence-electron chi connectivity index (χ2n) is 10.7. The van der Waals surface area contributed by atoms with E-state index in [4.69, 9.17) is 14.2 Å². The van der Waals surface area contributed by atoms with E-state index < -0.39 is 23.3 Å². The molecule has 5 rings (SSSR count). The lowest BCUT2D eigenvalue weighted by Gasteiger charge is -2.48. The molecule has 0 aliphatic carbocycles. The van der Waals surface area contributed by atoms with Crippen molar-refractivity contribution < 1.29 is 28.6 Å². The Morgan fingerprint density at radius 2 is 1.49 bits per heavy atom. The molecule has 39 heavy (non-hydrogen) atoms. The lowest BCUT2D eigenvalue weighted by atomic mass is 9.75. The van der Waals surface area contributed by atoms with Crippen molar-refractivity contribution >= 4 is 17.8 Å². The number of likely N-dealkylation sites (tertiary alicyclic amines) is 1.